The van der Waals surface area contributed by atoms with Crippen molar-refractivity contribution >= 4 is 0 Å². The highest BCUT2D eigenvalue weighted by molar-refractivity contribution is 5.50. The van der Waals surface area contributed by atoms with Gasteiger partial charge in [0.25, 0.3) is 0 Å². The van der Waals surface area contributed by atoms with Crippen LogP contribution in [0.25, 0.3) is 0 Å². The number of hydrogen-bond donors (Lipinski definition) is 0. The van der Waals surface area contributed by atoms with Gasteiger partial charge in [-0.2, -0.15) is 0 Å². The third kappa shape index (κ3) is 5.94. The molecule has 0 N–H and O–H groups in total. The quantitative estimate of drug-likeness (QED) is 0.364. The molecule has 5 rings (SSSR count). The Morgan fingerprint density at radius 3 is 2.70 bits per heavy atom. The van der Waals surface area contributed by atoms with Crippen molar-refractivity contribution in [2.45, 2.75) is 124 Å². The summed E-state index contributed by atoms with van der Waals surface area (Å²) in [5, 5.41) is 0. The molecule has 0 nitrogen and oxygen atoms in total. The van der Waals surface area contributed by atoms with Gasteiger partial charge in [0.2, 0.25) is 0 Å². The molecule has 4 unspecified atom stereocenters. The molecular formula is C37H52. The fraction of sp³-hybridized carbons (Fsp3) is 0.622. The summed E-state index contributed by atoms with van der Waals surface area (Å²) < 4.78 is 0. The standard InChI is InChI=1S/C37H52/c1-7-8-11-28-20-31(16-15-27(28)4)35-24-37(5,6)23-26(3)19-32-22-33-21-29(32)12-9-10-13-30-18-25(2)14-17-34(30)36(33)35/h15-16,18,20,22,26,29,33,35H,2,7-14,17,19,21,23-24H2,1,3-6H3. The van der Waals surface area contributed by atoms with E-state index in [9.17, 15) is 0 Å². The van der Waals surface area contributed by atoms with Crippen LogP contribution < -0.4 is 0 Å². The van der Waals surface area contributed by atoms with E-state index in [1.807, 2.05) is 11.1 Å². The van der Waals surface area contributed by atoms with Gasteiger partial charge in [-0.25, -0.2) is 0 Å². The maximum absolute atomic E-state index is 4.42. The van der Waals surface area contributed by atoms with E-state index in [0.717, 1.165) is 18.3 Å². The van der Waals surface area contributed by atoms with Crippen LogP contribution in [-0.4, -0.2) is 0 Å². The minimum absolute atomic E-state index is 0.333. The van der Waals surface area contributed by atoms with Crippen LogP contribution in [0.5, 0.6) is 0 Å². The average molecular weight is 497 g/mol. The molecule has 1 aromatic rings. The van der Waals surface area contributed by atoms with Crippen molar-refractivity contribution in [1.82, 2.24) is 0 Å². The predicted molar refractivity (Wildman–Crippen MR) is 161 cm³/mol. The third-order valence-corrected chi connectivity index (χ3v) is 10.1. The molecule has 0 amide bonds. The van der Waals surface area contributed by atoms with Crippen LogP contribution in [-0.2, 0) is 6.42 Å². The van der Waals surface area contributed by atoms with Crippen molar-refractivity contribution in [2.24, 2.45) is 23.2 Å². The number of aryl methyl sites for hydroxylation is 2. The minimum Gasteiger partial charge on any atom is -0.0958 e. The fourth-order valence-corrected chi connectivity index (χ4v) is 8.48. The summed E-state index contributed by atoms with van der Waals surface area (Å²) in [5.41, 5.74) is 13.3. The largest absolute Gasteiger partial charge is 0.0958 e. The van der Waals surface area contributed by atoms with E-state index in [0.29, 0.717) is 17.3 Å². The summed E-state index contributed by atoms with van der Waals surface area (Å²) in [6, 6.07) is 7.59. The summed E-state index contributed by atoms with van der Waals surface area (Å²) in [6.07, 6.45) is 22.0. The predicted octanol–water partition coefficient (Wildman–Crippen LogP) is 11.0. The normalized spacial score (nSPS) is 30.0. The molecule has 0 aliphatic heterocycles. The summed E-state index contributed by atoms with van der Waals surface area (Å²) in [5.74, 6) is 2.72. The zero-order valence-electron chi connectivity index (χ0n) is 24.6. The second kappa shape index (κ2) is 11.1. The monoisotopic (exact) mass is 496 g/mol. The summed E-state index contributed by atoms with van der Waals surface area (Å²) in [4.78, 5) is 0. The van der Waals surface area contributed by atoms with Gasteiger partial charge < -0.3 is 0 Å². The molecule has 4 aliphatic rings. The highest BCUT2D eigenvalue weighted by atomic mass is 14.4. The molecule has 0 heteroatoms. The maximum Gasteiger partial charge on any atom is 0.00651 e. The lowest BCUT2D eigenvalue weighted by Gasteiger charge is -2.38. The number of benzene rings is 1. The zero-order chi connectivity index (χ0) is 26.2. The summed E-state index contributed by atoms with van der Waals surface area (Å²) >= 11 is 0. The van der Waals surface area contributed by atoms with Gasteiger partial charge in [-0.15, -0.1) is 0 Å². The smallest absolute Gasteiger partial charge is 0.00651 e. The Morgan fingerprint density at radius 1 is 1.05 bits per heavy atom. The van der Waals surface area contributed by atoms with Crippen LogP contribution in [0.15, 0.2) is 64.8 Å². The van der Waals surface area contributed by atoms with E-state index in [2.05, 4.69) is 71.5 Å². The number of rotatable bonds is 4. The first-order valence-corrected chi connectivity index (χ1v) is 15.7. The van der Waals surface area contributed by atoms with Gasteiger partial charge in [0, 0.05) is 5.92 Å². The van der Waals surface area contributed by atoms with Gasteiger partial charge in [0.05, 0.1) is 0 Å². The van der Waals surface area contributed by atoms with Crippen LogP contribution in [0.4, 0.5) is 0 Å². The highest BCUT2D eigenvalue weighted by Crippen LogP contribution is 2.53. The second-order valence-electron chi connectivity index (χ2n) is 14.0. The molecule has 0 fully saturated rings. The van der Waals surface area contributed by atoms with E-state index in [1.54, 1.807) is 22.3 Å². The molecule has 3 bridgehead atoms. The average Bonchev–Trinajstić information content (AvgIpc) is 3.21. The van der Waals surface area contributed by atoms with Crippen LogP contribution in [0, 0.1) is 30.1 Å². The van der Waals surface area contributed by atoms with Gasteiger partial charge >= 0.3 is 0 Å². The van der Waals surface area contributed by atoms with Gasteiger partial charge in [-0.3, -0.25) is 0 Å². The molecule has 0 saturated carbocycles. The molecule has 0 radical (unpaired) electrons. The van der Waals surface area contributed by atoms with E-state index in [-0.39, 0.29) is 0 Å². The Bertz CT molecular complexity index is 1100. The number of fused-ring (bicyclic) bond motifs is 3. The maximum atomic E-state index is 4.42. The van der Waals surface area contributed by atoms with Gasteiger partial charge in [0.1, 0.15) is 0 Å². The number of hydrogen-bond acceptors (Lipinski definition) is 0. The Balaban J connectivity index is 1.72. The van der Waals surface area contributed by atoms with Crippen molar-refractivity contribution in [3.8, 4) is 0 Å². The first kappa shape index (κ1) is 26.8. The summed E-state index contributed by atoms with van der Waals surface area (Å²) in [7, 11) is 0. The molecule has 1 aromatic carbocycles. The molecule has 0 saturated heterocycles. The van der Waals surface area contributed by atoms with E-state index in [1.165, 1.54) is 88.2 Å². The van der Waals surface area contributed by atoms with Crippen molar-refractivity contribution in [1.29, 1.82) is 0 Å². The van der Waals surface area contributed by atoms with Gasteiger partial charge in [-0.05, 0) is 129 Å². The molecule has 200 valence electrons. The lowest BCUT2D eigenvalue weighted by molar-refractivity contribution is 0.241. The van der Waals surface area contributed by atoms with Crippen molar-refractivity contribution in [2.75, 3.05) is 0 Å². The van der Waals surface area contributed by atoms with Crippen molar-refractivity contribution < 1.29 is 0 Å². The molecule has 4 atom stereocenters. The Hall–Kier alpha value is -1.82. The third-order valence-electron chi connectivity index (χ3n) is 10.1. The lowest BCUT2D eigenvalue weighted by atomic mass is 9.67. The Labute approximate surface area is 228 Å². The Kier molecular flexibility index (Phi) is 8.04. The van der Waals surface area contributed by atoms with Crippen LogP contribution in [0.1, 0.15) is 127 Å². The van der Waals surface area contributed by atoms with E-state index >= 15 is 0 Å². The van der Waals surface area contributed by atoms with Crippen LogP contribution in [0.3, 0.4) is 0 Å². The van der Waals surface area contributed by atoms with Crippen LogP contribution in [0.2, 0.25) is 0 Å². The van der Waals surface area contributed by atoms with Crippen molar-refractivity contribution in [3.63, 3.8) is 0 Å². The van der Waals surface area contributed by atoms with Crippen molar-refractivity contribution in [3.05, 3.63) is 81.5 Å². The topological polar surface area (TPSA) is 0 Å². The molecular weight excluding hydrogens is 444 g/mol. The van der Waals surface area contributed by atoms with Gasteiger partial charge in [0.15, 0.2) is 0 Å². The molecule has 0 spiro atoms. The zero-order valence-corrected chi connectivity index (χ0v) is 24.6. The first-order chi connectivity index (χ1) is 17.7. The van der Waals surface area contributed by atoms with Crippen LogP contribution >= 0.6 is 0 Å². The molecule has 37 heavy (non-hydrogen) atoms. The van der Waals surface area contributed by atoms with E-state index < -0.39 is 0 Å². The number of unbranched alkanes of at least 4 members (excludes halogenated alkanes) is 1. The lowest BCUT2D eigenvalue weighted by Crippen LogP contribution is -2.24. The van der Waals surface area contributed by atoms with Gasteiger partial charge in [-0.1, -0.05) is 94.2 Å². The number of allylic oxidation sites excluding steroid dienone is 7. The molecule has 0 heterocycles. The highest BCUT2D eigenvalue weighted by Gasteiger charge is 2.39. The van der Waals surface area contributed by atoms with E-state index in [4.69, 9.17) is 0 Å². The minimum atomic E-state index is 0.333. The molecule has 0 aromatic heterocycles. The second-order valence-corrected chi connectivity index (χ2v) is 14.0. The summed E-state index contributed by atoms with van der Waals surface area (Å²) in [6.45, 7) is 16.7. The Morgan fingerprint density at radius 2 is 1.89 bits per heavy atom. The first-order valence-electron chi connectivity index (χ1n) is 15.7. The fourth-order valence-electron chi connectivity index (χ4n) is 8.48. The molecule has 4 aliphatic carbocycles. The SMILES string of the molecule is C=C1C=C2CCCCC3CC4C=C3CC(C)CC(C)(C)CC(c3ccc(C)c(CCCC)c3)C4=C2CC1.